The molecule has 0 radical (unpaired) electrons. The molecule has 0 atom stereocenters. The van der Waals surface area contributed by atoms with E-state index in [1.54, 1.807) is 19.2 Å². The second-order valence-electron chi connectivity index (χ2n) is 4.45. The third-order valence-electron chi connectivity index (χ3n) is 3.21. The summed E-state index contributed by atoms with van der Waals surface area (Å²) in [5.74, 6) is 1.14. The molecule has 0 spiro atoms. The smallest absolute Gasteiger partial charge is 0.141 e. The van der Waals surface area contributed by atoms with Gasteiger partial charge in [-0.05, 0) is 30.3 Å². The predicted molar refractivity (Wildman–Crippen MR) is 82.1 cm³/mol. The van der Waals surface area contributed by atoms with Gasteiger partial charge in [0.2, 0.25) is 0 Å². The summed E-state index contributed by atoms with van der Waals surface area (Å²) >= 11 is 11.8. The number of halogens is 3. The van der Waals surface area contributed by atoms with Crippen LogP contribution in [0.1, 0.15) is 5.82 Å². The number of hydrogen-bond donors (Lipinski definition) is 0. The maximum absolute atomic E-state index is 13.3. The van der Waals surface area contributed by atoms with E-state index in [0.717, 1.165) is 11.0 Å². The Bertz CT molecular complexity index is 817. The van der Waals surface area contributed by atoms with E-state index in [1.165, 1.54) is 6.07 Å². The fourth-order valence-corrected chi connectivity index (χ4v) is 2.59. The van der Waals surface area contributed by atoms with E-state index in [-0.39, 0.29) is 10.9 Å². The lowest BCUT2D eigenvalue weighted by molar-refractivity contribution is 0.415. The van der Waals surface area contributed by atoms with Crippen molar-refractivity contribution in [3.05, 3.63) is 53.1 Å². The first-order chi connectivity index (χ1) is 10.1. The summed E-state index contributed by atoms with van der Waals surface area (Å²) in [5.41, 5.74) is 2.32. The highest BCUT2D eigenvalue weighted by molar-refractivity contribution is 6.30. The monoisotopic (exact) mass is 324 g/mol. The summed E-state index contributed by atoms with van der Waals surface area (Å²) in [7, 11) is 1.60. The Balaban J connectivity index is 2.26. The Labute approximate surface area is 130 Å². The van der Waals surface area contributed by atoms with Crippen LogP contribution >= 0.6 is 23.2 Å². The van der Waals surface area contributed by atoms with Gasteiger partial charge in [-0.25, -0.2) is 9.37 Å². The summed E-state index contributed by atoms with van der Waals surface area (Å²) < 4.78 is 20.4. The molecule has 0 aliphatic rings. The van der Waals surface area contributed by atoms with Crippen molar-refractivity contribution < 1.29 is 9.13 Å². The van der Waals surface area contributed by atoms with Crippen LogP contribution in [0, 0.1) is 5.82 Å². The molecule has 108 valence electrons. The first-order valence-corrected chi connectivity index (χ1v) is 7.12. The van der Waals surface area contributed by atoms with Crippen molar-refractivity contribution in [1.82, 2.24) is 9.55 Å². The Morgan fingerprint density at radius 2 is 2.05 bits per heavy atom. The molecule has 6 heteroatoms. The van der Waals surface area contributed by atoms with E-state index in [2.05, 4.69) is 4.98 Å². The van der Waals surface area contributed by atoms with E-state index in [9.17, 15) is 4.39 Å². The van der Waals surface area contributed by atoms with Gasteiger partial charge in [-0.3, -0.25) is 4.57 Å². The number of imidazole rings is 1. The summed E-state index contributed by atoms with van der Waals surface area (Å²) in [6, 6.07) is 10.1. The molecule has 3 aromatic rings. The van der Waals surface area contributed by atoms with Crippen LogP contribution in [0.5, 0.6) is 5.75 Å². The minimum absolute atomic E-state index is 0.0587. The number of methoxy groups -OCH3 is 1. The van der Waals surface area contributed by atoms with Crippen LogP contribution in [0.25, 0.3) is 16.7 Å². The Morgan fingerprint density at radius 3 is 2.71 bits per heavy atom. The van der Waals surface area contributed by atoms with E-state index >= 15 is 0 Å². The molecule has 0 saturated carbocycles. The largest absolute Gasteiger partial charge is 0.497 e. The van der Waals surface area contributed by atoms with Gasteiger partial charge in [0.25, 0.3) is 0 Å². The highest BCUT2D eigenvalue weighted by Gasteiger charge is 2.13. The first-order valence-electron chi connectivity index (χ1n) is 6.21. The van der Waals surface area contributed by atoms with E-state index < -0.39 is 5.82 Å². The number of rotatable bonds is 3. The Kier molecular flexibility index (Phi) is 3.74. The number of aromatic nitrogens is 2. The standard InChI is InChI=1S/C15H11Cl2FN2O/c1-21-10-3-5-14-13(7-10)19-15(8-16)20(14)9-2-4-12(18)11(17)6-9/h2-7H,8H2,1H3. The zero-order chi connectivity index (χ0) is 15.0. The molecule has 0 bridgehead atoms. The first kappa shape index (κ1) is 14.2. The number of fused-ring (bicyclic) bond motifs is 1. The molecule has 3 rings (SSSR count). The SMILES string of the molecule is COc1ccc2c(c1)nc(CCl)n2-c1ccc(F)c(Cl)c1. The van der Waals surface area contributed by atoms with Crippen LogP contribution in [0.3, 0.4) is 0 Å². The predicted octanol–water partition coefficient (Wildman–Crippen LogP) is 4.57. The Hall–Kier alpha value is -1.78. The Morgan fingerprint density at radius 1 is 1.24 bits per heavy atom. The molecule has 0 aliphatic heterocycles. The maximum Gasteiger partial charge on any atom is 0.141 e. The zero-order valence-electron chi connectivity index (χ0n) is 11.1. The highest BCUT2D eigenvalue weighted by atomic mass is 35.5. The minimum Gasteiger partial charge on any atom is -0.497 e. The van der Waals surface area contributed by atoms with E-state index in [4.69, 9.17) is 27.9 Å². The second-order valence-corrected chi connectivity index (χ2v) is 5.12. The average molecular weight is 325 g/mol. The number of nitrogens with zero attached hydrogens (tertiary/aromatic N) is 2. The van der Waals surface area contributed by atoms with Crippen LogP contribution in [0.2, 0.25) is 5.02 Å². The number of alkyl halides is 1. The van der Waals surface area contributed by atoms with Crippen molar-refractivity contribution in [2.24, 2.45) is 0 Å². The number of hydrogen-bond acceptors (Lipinski definition) is 2. The minimum atomic E-state index is -0.459. The van der Waals surface area contributed by atoms with Crippen molar-refractivity contribution in [1.29, 1.82) is 0 Å². The summed E-state index contributed by atoms with van der Waals surface area (Å²) in [4.78, 5) is 4.48. The van der Waals surface area contributed by atoms with Crippen molar-refractivity contribution in [2.75, 3.05) is 7.11 Å². The molecule has 2 aromatic carbocycles. The summed E-state index contributed by atoms with van der Waals surface area (Å²) in [6.07, 6.45) is 0. The van der Waals surface area contributed by atoms with Crippen LogP contribution < -0.4 is 4.74 Å². The maximum atomic E-state index is 13.3. The number of benzene rings is 2. The molecule has 0 unspecified atom stereocenters. The molecule has 1 aromatic heterocycles. The van der Waals surface area contributed by atoms with Gasteiger partial charge in [0.1, 0.15) is 17.4 Å². The average Bonchev–Trinajstić information content (AvgIpc) is 2.87. The van der Waals surface area contributed by atoms with Gasteiger partial charge in [-0.15, -0.1) is 11.6 Å². The van der Waals surface area contributed by atoms with Crippen molar-refractivity contribution >= 4 is 34.2 Å². The van der Waals surface area contributed by atoms with Crippen LogP contribution in [-0.4, -0.2) is 16.7 Å². The molecule has 0 N–H and O–H groups in total. The van der Waals surface area contributed by atoms with E-state index in [1.807, 2.05) is 22.8 Å². The van der Waals surface area contributed by atoms with Gasteiger partial charge in [-0.2, -0.15) is 0 Å². The van der Waals surface area contributed by atoms with Crippen molar-refractivity contribution in [2.45, 2.75) is 5.88 Å². The molecule has 0 fully saturated rings. The van der Waals surface area contributed by atoms with Crippen LogP contribution in [0.15, 0.2) is 36.4 Å². The topological polar surface area (TPSA) is 27.1 Å². The molecule has 21 heavy (non-hydrogen) atoms. The van der Waals surface area contributed by atoms with Gasteiger partial charge in [0.15, 0.2) is 0 Å². The van der Waals surface area contributed by atoms with Gasteiger partial charge < -0.3 is 4.74 Å². The van der Waals surface area contributed by atoms with Crippen molar-refractivity contribution in [3.8, 4) is 11.4 Å². The zero-order valence-corrected chi connectivity index (χ0v) is 12.6. The lowest BCUT2D eigenvalue weighted by Gasteiger charge is -2.09. The van der Waals surface area contributed by atoms with E-state index in [0.29, 0.717) is 17.3 Å². The van der Waals surface area contributed by atoms with Gasteiger partial charge >= 0.3 is 0 Å². The van der Waals surface area contributed by atoms with Crippen LogP contribution in [0.4, 0.5) is 4.39 Å². The fraction of sp³-hybridized carbons (Fsp3) is 0.133. The molecule has 0 aliphatic carbocycles. The molecular formula is C15H11Cl2FN2O. The molecule has 0 saturated heterocycles. The lowest BCUT2D eigenvalue weighted by atomic mass is 10.2. The fourth-order valence-electron chi connectivity index (χ4n) is 2.24. The summed E-state index contributed by atoms with van der Waals surface area (Å²) in [5, 5.41) is 0.0587. The third kappa shape index (κ3) is 2.45. The van der Waals surface area contributed by atoms with Gasteiger partial charge in [-0.1, -0.05) is 11.6 Å². The lowest BCUT2D eigenvalue weighted by Crippen LogP contribution is -1.99. The summed E-state index contributed by atoms with van der Waals surface area (Å²) in [6.45, 7) is 0. The quantitative estimate of drug-likeness (QED) is 0.660. The third-order valence-corrected chi connectivity index (χ3v) is 3.74. The normalized spacial score (nSPS) is 11.0. The van der Waals surface area contributed by atoms with Crippen molar-refractivity contribution in [3.63, 3.8) is 0 Å². The molecule has 1 heterocycles. The highest BCUT2D eigenvalue weighted by Crippen LogP contribution is 2.27. The van der Waals surface area contributed by atoms with Gasteiger partial charge in [0, 0.05) is 11.8 Å². The number of ether oxygens (including phenoxy) is 1. The second kappa shape index (κ2) is 5.54. The molecule has 0 amide bonds. The van der Waals surface area contributed by atoms with Gasteiger partial charge in [0.05, 0.1) is 29.0 Å². The molecule has 3 nitrogen and oxygen atoms in total. The molecular weight excluding hydrogens is 314 g/mol. The van der Waals surface area contributed by atoms with Crippen LogP contribution in [-0.2, 0) is 5.88 Å².